The molecule has 2 N–H and O–H groups in total. The third kappa shape index (κ3) is 2.62. The van der Waals surface area contributed by atoms with Gasteiger partial charge in [-0.1, -0.05) is 11.6 Å². The van der Waals surface area contributed by atoms with E-state index in [2.05, 4.69) is 15.3 Å². The monoisotopic (exact) mass is 326 g/mol. The zero-order valence-corrected chi connectivity index (χ0v) is 12.7. The molecule has 1 aromatic heterocycles. The molecule has 2 aliphatic rings. The Hall–Kier alpha value is -1.50. The third-order valence-corrected chi connectivity index (χ3v) is 3.81. The van der Waals surface area contributed by atoms with E-state index in [1.165, 1.54) is 6.33 Å². The van der Waals surface area contributed by atoms with Gasteiger partial charge in [-0.15, -0.1) is 0 Å². The Morgan fingerprint density at radius 2 is 2.14 bits per heavy atom. The zero-order valence-electron chi connectivity index (χ0n) is 12.0. The fraction of sp³-hybridized carbons (Fsp3) is 0.615. The second-order valence-electron chi connectivity index (χ2n) is 5.49. The van der Waals surface area contributed by atoms with Crippen LogP contribution in [0.25, 0.3) is 0 Å². The summed E-state index contributed by atoms with van der Waals surface area (Å²) in [5.74, 6) is -0.522. The number of aliphatic hydroxyl groups is 1. The average Bonchev–Trinajstić information content (AvgIpc) is 2.93. The summed E-state index contributed by atoms with van der Waals surface area (Å²) in [6.07, 6.45) is -0.737. The summed E-state index contributed by atoms with van der Waals surface area (Å²) in [6.45, 7) is 3.38. The number of aliphatic hydroxyl groups excluding tert-OH is 1. The van der Waals surface area contributed by atoms with Crippen molar-refractivity contribution in [3.63, 3.8) is 0 Å². The lowest BCUT2D eigenvalue weighted by Crippen LogP contribution is -2.35. The first-order valence-electron chi connectivity index (χ1n) is 6.74. The topological polar surface area (TPSA) is 110 Å². The highest BCUT2D eigenvalue weighted by Gasteiger charge is 2.55. The fourth-order valence-corrected chi connectivity index (χ4v) is 2.83. The van der Waals surface area contributed by atoms with E-state index in [0.29, 0.717) is 0 Å². The lowest BCUT2D eigenvalue weighted by Gasteiger charge is -2.24. The molecule has 2 saturated heterocycles. The van der Waals surface area contributed by atoms with Gasteiger partial charge in [-0.3, -0.25) is 0 Å². The van der Waals surface area contributed by atoms with Crippen LogP contribution in [-0.2, 0) is 14.2 Å². The molecular weight excluding hydrogens is 312 g/mol. The van der Waals surface area contributed by atoms with Gasteiger partial charge in [-0.25, -0.2) is 9.97 Å². The van der Waals surface area contributed by atoms with Gasteiger partial charge in [0.15, 0.2) is 23.0 Å². The Bertz CT molecular complexity index is 621. The Morgan fingerprint density at radius 3 is 2.82 bits per heavy atom. The highest BCUT2D eigenvalue weighted by atomic mass is 35.5. The quantitative estimate of drug-likeness (QED) is 0.779. The van der Waals surface area contributed by atoms with E-state index in [9.17, 15) is 5.11 Å². The Kier molecular flexibility index (Phi) is 3.92. The first kappa shape index (κ1) is 15.4. The van der Waals surface area contributed by atoms with E-state index < -0.39 is 30.3 Å². The molecule has 2 aliphatic heterocycles. The number of anilines is 1. The van der Waals surface area contributed by atoms with Crippen molar-refractivity contribution in [2.45, 2.75) is 44.2 Å². The van der Waals surface area contributed by atoms with Crippen LogP contribution in [-0.4, -0.2) is 52.0 Å². The predicted molar refractivity (Wildman–Crippen MR) is 75.0 cm³/mol. The van der Waals surface area contributed by atoms with Crippen LogP contribution in [0.15, 0.2) is 6.33 Å². The maximum Gasteiger partial charge on any atom is 0.164 e. The molecule has 0 aliphatic carbocycles. The van der Waals surface area contributed by atoms with Gasteiger partial charge in [0, 0.05) is 0 Å². The summed E-state index contributed by atoms with van der Waals surface area (Å²) in [6, 6.07) is 1.94. The standard InChI is InChI=1S/C13H15ClN4O4/c1-13(2)21-8-7(4-19)20-12(9(8)22-13)18-11-6(3-15)10(14)16-5-17-11/h5,7-9,12,19H,4H2,1-2H3,(H,16,17,18)/t7-,8-,9-,12-/m1/s1. The maximum atomic E-state index is 9.42. The lowest BCUT2D eigenvalue weighted by molar-refractivity contribution is -0.187. The molecule has 3 heterocycles. The zero-order chi connectivity index (χ0) is 15.9. The van der Waals surface area contributed by atoms with Crippen molar-refractivity contribution in [1.29, 1.82) is 5.26 Å². The van der Waals surface area contributed by atoms with Gasteiger partial charge >= 0.3 is 0 Å². The summed E-state index contributed by atoms with van der Waals surface area (Å²) < 4.78 is 17.3. The van der Waals surface area contributed by atoms with Crippen molar-refractivity contribution < 1.29 is 19.3 Å². The van der Waals surface area contributed by atoms with Gasteiger partial charge in [0.05, 0.1) is 6.61 Å². The molecule has 0 unspecified atom stereocenters. The maximum absolute atomic E-state index is 9.42. The fourth-order valence-electron chi connectivity index (χ4n) is 2.65. The van der Waals surface area contributed by atoms with Gasteiger partial charge in [-0.05, 0) is 13.8 Å². The number of aromatic nitrogens is 2. The summed E-state index contributed by atoms with van der Waals surface area (Å²) in [4.78, 5) is 7.77. The number of nitrogens with one attached hydrogen (secondary N) is 1. The van der Waals surface area contributed by atoms with Crippen LogP contribution in [0.4, 0.5) is 5.82 Å². The predicted octanol–water partition coefficient (Wildman–Crippen LogP) is 0.651. The largest absolute Gasteiger partial charge is 0.394 e. The molecule has 0 saturated carbocycles. The van der Waals surface area contributed by atoms with E-state index in [4.69, 9.17) is 31.1 Å². The van der Waals surface area contributed by atoms with E-state index in [-0.39, 0.29) is 23.1 Å². The van der Waals surface area contributed by atoms with Crippen molar-refractivity contribution in [1.82, 2.24) is 9.97 Å². The molecule has 3 rings (SSSR count). The van der Waals surface area contributed by atoms with Gasteiger partial charge in [0.2, 0.25) is 0 Å². The van der Waals surface area contributed by atoms with Crippen LogP contribution in [0.5, 0.6) is 0 Å². The van der Waals surface area contributed by atoms with E-state index in [1.807, 2.05) is 6.07 Å². The summed E-state index contributed by atoms with van der Waals surface area (Å²) in [7, 11) is 0. The molecule has 0 radical (unpaired) electrons. The van der Waals surface area contributed by atoms with E-state index in [1.54, 1.807) is 13.8 Å². The SMILES string of the molecule is CC1(C)O[C@@H]2[C@H](O1)[C@@H](CO)O[C@H]2Nc1ncnc(Cl)c1C#N. The molecule has 118 valence electrons. The van der Waals surface area contributed by atoms with Crippen molar-refractivity contribution in [3.05, 3.63) is 17.0 Å². The average molecular weight is 327 g/mol. The number of fused-ring (bicyclic) bond motifs is 1. The van der Waals surface area contributed by atoms with Crippen LogP contribution in [0.1, 0.15) is 19.4 Å². The van der Waals surface area contributed by atoms with Gasteiger partial charge in [0.1, 0.15) is 36.3 Å². The summed E-state index contributed by atoms with van der Waals surface area (Å²) >= 11 is 5.88. The summed E-state index contributed by atoms with van der Waals surface area (Å²) in [5, 5.41) is 21.6. The number of hydrogen-bond donors (Lipinski definition) is 2. The van der Waals surface area contributed by atoms with Crippen LogP contribution in [0, 0.1) is 11.3 Å². The number of rotatable bonds is 3. The number of halogens is 1. The van der Waals surface area contributed by atoms with E-state index >= 15 is 0 Å². The highest BCUT2D eigenvalue weighted by molar-refractivity contribution is 6.30. The molecule has 4 atom stereocenters. The third-order valence-electron chi connectivity index (χ3n) is 3.52. The molecule has 9 heteroatoms. The van der Waals surface area contributed by atoms with Gasteiger partial charge in [0.25, 0.3) is 0 Å². The molecule has 0 aromatic carbocycles. The molecule has 0 amide bonds. The van der Waals surface area contributed by atoms with Crippen LogP contribution in [0.2, 0.25) is 5.15 Å². The van der Waals surface area contributed by atoms with Crippen LogP contribution >= 0.6 is 11.6 Å². The minimum Gasteiger partial charge on any atom is -0.394 e. The van der Waals surface area contributed by atoms with Gasteiger partial charge < -0.3 is 24.6 Å². The normalized spacial score (nSPS) is 32.5. The number of nitriles is 1. The van der Waals surface area contributed by atoms with Crippen molar-refractivity contribution in [2.75, 3.05) is 11.9 Å². The second kappa shape index (κ2) is 5.61. The van der Waals surface area contributed by atoms with Crippen molar-refractivity contribution in [2.24, 2.45) is 0 Å². The minimum absolute atomic E-state index is 0.0529. The van der Waals surface area contributed by atoms with Crippen LogP contribution in [0.3, 0.4) is 0 Å². The minimum atomic E-state index is -0.770. The highest BCUT2D eigenvalue weighted by Crippen LogP contribution is 2.39. The molecule has 0 bridgehead atoms. The van der Waals surface area contributed by atoms with Gasteiger partial charge in [-0.2, -0.15) is 5.26 Å². The smallest absolute Gasteiger partial charge is 0.164 e. The second-order valence-corrected chi connectivity index (χ2v) is 5.84. The number of ether oxygens (including phenoxy) is 3. The van der Waals surface area contributed by atoms with Crippen LogP contribution < -0.4 is 5.32 Å². The Labute approximate surface area is 132 Å². The molecule has 0 spiro atoms. The molecule has 8 nitrogen and oxygen atoms in total. The molecule has 22 heavy (non-hydrogen) atoms. The Balaban J connectivity index is 1.84. The number of hydrogen-bond acceptors (Lipinski definition) is 8. The molecule has 1 aromatic rings. The molecule has 2 fully saturated rings. The first-order chi connectivity index (χ1) is 10.4. The number of nitrogens with zero attached hydrogens (tertiary/aromatic N) is 3. The summed E-state index contributed by atoms with van der Waals surface area (Å²) in [5.41, 5.74) is 0.120. The molecular formula is C13H15ClN4O4. The lowest BCUT2D eigenvalue weighted by atomic mass is 10.1. The van der Waals surface area contributed by atoms with Crippen molar-refractivity contribution in [3.8, 4) is 6.07 Å². The first-order valence-corrected chi connectivity index (χ1v) is 7.12. The van der Waals surface area contributed by atoms with E-state index in [0.717, 1.165) is 0 Å². The van der Waals surface area contributed by atoms with Crippen molar-refractivity contribution >= 4 is 17.4 Å². The Morgan fingerprint density at radius 1 is 1.41 bits per heavy atom.